The van der Waals surface area contributed by atoms with Crippen molar-refractivity contribution >= 4 is 17.2 Å². The van der Waals surface area contributed by atoms with E-state index in [1.54, 1.807) is 6.20 Å². The van der Waals surface area contributed by atoms with Gasteiger partial charge in [-0.15, -0.1) is 0 Å². The normalized spacial score (nSPS) is 18.4. The molecule has 1 amide bonds. The maximum atomic E-state index is 12.9. The van der Waals surface area contributed by atoms with Gasteiger partial charge < -0.3 is 9.72 Å². The van der Waals surface area contributed by atoms with E-state index in [2.05, 4.69) is 28.4 Å². The summed E-state index contributed by atoms with van der Waals surface area (Å²) < 4.78 is 2.01. The van der Waals surface area contributed by atoms with Gasteiger partial charge in [0, 0.05) is 55.0 Å². The topological polar surface area (TPSA) is 59.3 Å². The number of carbonyl (C=O) groups is 1. The summed E-state index contributed by atoms with van der Waals surface area (Å²) in [5.74, 6) is 0.259. The lowest BCUT2D eigenvalue weighted by Crippen LogP contribution is -2.35. The highest BCUT2D eigenvalue weighted by molar-refractivity contribution is 5.94. The van der Waals surface area contributed by atoms with E-state index in [0.29, 0.717) is 0 Å². The van der Waals surface area contributed by atoms with Crippen LogP contribution in [0.25, 0.3) is 16.8 Å². The maximum Gasteiger partial charge on any atom is 0.228 e. The number of amides is 1. The molecule has 5 rings (SSSR count). The van der Waals surface area contributed by atoms with Gasteiger partial charge in [0.1, 0.15) is 5.65 Å². The summed E-state index contributed by atoms with van der Waals surface area (Å²) in [6, 6.07) is 15.9. The first-order chi connectivity index (χ1) is 14.2. The summed E-state index contributed by atoms with van der Waals surface area (Å²) in [6.45, 7) is 2.07. The summed E-state index contributed by atoms with van der Waals surface area (Å²) in [5.41, 5.74) is 5.98. The molecule has 2 atom stereocenters. The summed E-state index contributed by atoms with van der Waals surface area (Å²) in [7, 11) is 0. The van der Waals surface area contributed by atoms with Crippen molar-refractivity contribution in [3.05, 3.63) is 84.6 Å². The van der Waals surface area contributed by atoms with Crippen LogP contribution in [0.2, 0.25) is 0 Å². The second-order valence-corrected chi connectivity index (χ2v) is 7.68. The van der Waals surface area contributed by atoms with Crippen LogP contribution in [0.4, 0.5) is 5.69 Å². The molecule has 1 saturated carbocycles. The molecular weight excluding hydrogens is 360 g/mol. The molecular formula is C24H24N4O. The number of aromatic nitrogens is 3. The minimum absolute atomic E-state index is 0. The molecule has 1 aliphatic rings. The zero-order valence-corrected chi connectivity index (χ0v) is 16.2. The zero-order valence-electron chi connectivity index (χ0n) is 16.2. The molecule has 5 nitrogen and oxygen atoms in total. The molecule has 0 spiro atoms. The van der Waals surface area contributed by atoms with Crippen LogP contribution in [0.5, 0.6) is 0 Å². The van der Waals surface area contributed by atoms with Gasteiger partial charge in [0.15, 0.2) is 0 Å². The molecule has 1 fully saturated rings. The Bertz CT molecular complexity index is 1190. The Labute approximate surface area is 170 Å². The lowest BCUT2D eigenvalue weighted by atomic mass is 9.71. The van der Waals surface area contributed by atoms with Crippen LogP contribution in [-0.2, 0) is 4.79 Å². The Morgan fingerprint density at radius 1 is 1.14 bits per heavy atom. The monoisotopic (exact) mass is 384 g/mol. The van der Waals surface area contributed by atoms with Crippen LogP contribution in [0.1, 0.15) is 31.4 Å². The standard InChI is InChI=1S/C24H22N4O.H2/c1-16-7-8-18(13-21(16)17-14-26-23-6-4-12-28(23)15-17)27-24(29)20-10-9-19(20)22-5-2-3-11-25-22;/h2-8,11-15,19-20H,9-10H2,1H3,(H,27,29);1H/t19-,20+;/m0./s1. The van der Waals surface area contributed by atoms with E-state index in [4.69, 9.17) is 0 Å². The van der Waals surface area contributed by atoms with Crippen LogP contribution in [0, 0.1) is 12.8 Å². The van der Waals surface area contributed by atoms with Crippen LogP contribution in [0.15, 0.2) is 73.3 Å². The van der Waals surface area contributed by atoms with Gasteiger partial charge in [-0.25, -0.2) is 4.98 Å². The highest BCUT2D eigenvalue weighted by Gasteiger charge is 2.38. The summed E-state index contributed by atoms with van der Waals surface area (Å²) in [6.07, 6.45) is 9.65. The van der Waals surface area contributed by atoms with Crippen molar-refractivity contribution in [2.75, 3.05) is 5.32 Å². The fraction of sp³-hybridized carbons (Fsp3) is 0.208. The molecule has 3 aromatic heterocycles. The van der Waals surface area contributed by atoms with E-state index in [0.717, 1.165) is 46.6 Å². The minimum atomic E-state index is -0.0208. The second kappa shape index (κ2) is 7.17. The van der Waals surface area contributed by atoms with Crippen molar-refractivity contribution in [1.29, 1.82) is 0 Å². The van der Waals surface area contributed by atoms with Crippen molar-refractivity contribution in [2.45, 2.75) is 25.7 Å². The van der Waals surface area contributed by atoms with Crippen molar-refractivity contribution in [1.82, 2.24) is 14.4 Å². The van der Waals surface area contributed by atoms with E-state index in [9.17, 15) is 4.79 Å². The molecule has 5 heteroatoms. The molecule has 0 saturated heterocycles. The Morgan fingerprint density at radius 3 is 2.86 bits per heavy atom. The van der Waals surface area contributed by atoms with Crippen molar-refractivity contribution < 1.29 is 6.22 Å². The molecule has 0 unspecified atom stereocenters. The largest absolute Gasteiger partial charge is 0.326 e. The van der Waals surface area contributed by atoms with Gasteiger partial charge in [-0.3, -0.25) is 9.78 Å². The number of fused-ring (bicyclic) bond motifs is 1. The molecule has 0 radical (unpaired) electrons. The number of rotatable bonds is 4. The number of carbonyl (C=O) groups excluding carboxylic acids is 1. The van der Waals surface area contributed by atoms with Gasteiger partial charge in [-0.05, 0) is 67.3 Å². The zero-order chi connectivity index (χ0) is 19.8. The highest BCUT2D eigenvalue weighted by atomic mass is 16.1. The number of nitrogens with zero attached hydrogens (tertiary/aromatic N) is 3. The third-order valence-electron chi connectivity index (χ3n) is 5.87. The van der Waals surface area contributed by atoms with Crippen LogP contribution in [0.3, 0.4) is 0 Å². The van der Waals surface area contributed by atoms with Crippen molar-refractivity contribution in [3.63, 3.8) is 0 Å². The van der Waals surface area contributed by atoms with E-state index in [1.165, 1.54) is 0 Å². The fourth-order valence-electron chi connectivity index (χ4n) is 4.07. The third kappa shape index (κ3) is 3.29. The summed E-state index contributed by atoms with van der Waals surface area (Å²) in [4.78, 5) is 21.8. The molecule has 0 aliphatic heterocycles. The smallest absolute Gasteiger partial charge is 0.228 e. The number of aryl methyl sites for hydroxylation is 1. The van der Waals surface area contributed by atoms with Crippen LogP contribution >= 0.6 is 0 Å². The maximum absolute atomic E-state index is 12.9. The molecule has 29 heavy (non-hydrogen) atoms. The van der Waals surface area contributed by atoms with E-state index >= 15 is 0 Å². The molecule has 4 aromatic rings. The van der Waals surface area contributed by atoms with Crippen molar-refractivity contribution in [2.24, 2.45) is 5.92 Å². The first-order valence-electron chi connectivity index (χ1n) is 9.94. The number of benzene rings is 1. The average Bonchev–Trinajstić information content (AvgIpc) is 3.17. The minimum Gasteiger partial charge on any atom is -0.326 e. The first kappa shape index (κ1) is 17.6. The number of hydrogen-bond donors (Lipinski definition) is 1. The summed E-state index contributed by atoms with van der Waals surface area (Å²) >= 11 is 0. The Kier molecular flexibility index (Phi) is 4.35. The second-order valence-electron chi connectivity index (χ2n) is 7.68. The summed E-state index contributed by atoms with van der Waals surface area (Å²) in [5, 5.41) is 3.12. The Morgan fingerprint density at radius 2 is 2.07 bits per heavy atom. The lowest BCUT2D eigenvalue weighted by Gasteiger charge is -2.35. The Hall–Kier alpha value is -3.47. The van der Waals surface area contributed by atoms with Crippen LogP contribution in [-0.4, -0.2) is 20.3 Å². The van der Waals surface area contributed by atoms with Gasteiger partial charge in [0.25, 0.3) is 0 Å². The lowest BCUT2D eigenvalue weighted by molar-refractivity contribution is -0.123. The van der Waals surface area contributed by atoms with E-state index in [1.807, 2.05) is 65.3 Å². The van der Waals surface area contributed by atoms with Gasteiger partial charge in [-0.1, -0.05) is 12.1 Å². The predicted octanol–water partition coefficient (Wildman–Crippen LogP) is 5.08. The van der Waals surface area contributed by atoms with E-state index < -0.39 is 0 Å². The molecule has 0 bridgehead atoms. The number of nitrogens with one attached hydrogen (secondary N) is 1. The first-order valence-corrected chi connectivity index (χ1v) is 9.94. The molecule has 1 aliphatic carbocycles. The van der Waals surface area contributed by atoms with E-state index in [-0.39, 0.29) is 19.2 Å². The Balaban J connectivity index is 0.00000218. The van der Waals surface area contributed by atoms with Gasteiger partial charge >= 0.3 is 0 Å². The highest BCUT2D eigenvalue weighted by Crippen LogP contribution is 2.42. The number of anilines is 1. The number of hydrogen-bond acceptors (Lipinski definition) is 3. The predicted molar refractivity (Wildman–Crippen MR) is 116 cm³/mol. The quantitative estimate of drug-likeness (QED) is 0.534. The molecule has 1 N–H and O–H groups in total. The van der Waals surface area contributed by atoms with Gasteiger partial charge in [0.2, 0.25) is 5.91 Å². The van der Waals surface area contributed by atoms with Gasteiger partial charge in [0.05, 0.1) is 0 Å². The third-order valence-corrected chi connectivity index (χ3v) is 5.87. The number of pyridine rings is 1. The average molecular weight is 384 g/mol. The molecule has 1 aromatic carbocycles. The van der Waals surface area contributed by atoms with Gasteiger partial charge in [-0.2, -0.15) is 0 Å². The van der Waals surface area contributed by atoms with Crippen LogP contribution < -0.4 is 5.32 Å². The SMILES string of the molecule is Cc1ccc(NC(=O)[C@@H]2CC[C@@H]2c2ccccn2)cc1-c1cnc2cccn2c1.[HH]. The fourth-order valence-corrected chi connectivity index (χ4v) is 4.07. The molecule has 3 heterocycles. The van der Waals surface area contributed by atoms with Crippen molar-refractivity contribution in [3.8, 4) is 11.1 Å². The molecule has 146 valence electrons.